The quantitative estimate of drug-likeness (QED) is 0.768. The second kappa shape index (κ2) is 8.06. The van der Waals surface area contributed by atoms with Crippen LogP contribution in [-0.2, 0) is 17.1 Å². The lowest BCUT2D eigenvalue weighted by atomic mass is 10.2. The molecule has 1 aliphatic rings. The molecular weight excluding hydrogens is 355 g/mol. The zero-order valence-corrected chi connectivity index (χ0v) is 15.7. The summed E-state index contributed by atoms with van der Waals surface area (Å²) in [7, 11) is 1.75. The van der Waals surface area contributed by atoms with Gasteiger partial charge in [-0.3, -0.25) is 4.79 Å². The van der Waals surface area contributed by atoms with E-state index in [1.165, 1.54) is 29.5 Å². The molecule has 2 aromatic rings. The molecule has 0 bridgehead atoms. The number of benzene rings is 2. The van der Waals surface area contributed by atoms with Crippen molar-refractivity contribution in [1.82, 2.24) is 4.90 Å². The van der Waals surface area contributed by atoms with Crippen molar-refractivity contribution >= 4 is 39.5 Å². The van der Waals surface area contributed by atoms with Gasteiger partial charge >= 0.3 is 0 Å². The summed E-state index contributed by atoms with van der Waals surface area (Å²) >= 11 is 3.14. The molecule has 0 spiro atoms. The molecule has 1 amide bonds. The average Bonchev–Trinajstić information content (AvgIpc) is 2.61. The number of rotatable bonds is 4. The van der Waals surface area contributed by atoms with Crippen molar-refractivity contribution in [3.8, 4) is 0 Å². The van der Waals surface area contributed by atoms with Crippen molar-refractivity contribution < 1.29 is 9.18 Å². The minimum atomic E-state index is -0.285. The van der Waals surface area contributed by atoms with Crippen LogP contribution in [0.2, 0.25) is 0 Å². The van der Waals surface area contributed by atoms with Crippen LogP contribution < -0.4 is 0 Å². The van der Waals surface area contributed by atoms with Crippen molar-refractivity contribution in [3.63, 3.8) is 0 Å². The Morgan fingerprint density at radius 2 is 2.12 bits per heavy atom. The number of halogens is 1. The zero-order valence-electron chi connectivity index (χ0n) is 14.1. The Kier molecular flexibility index (Phi) is 5.81. The van der Waals surface area contributed by atoms with E-state index < -0.39 is 0 Å². The summed E-state index contributed by atoms with van der Waals surface area (Å²) in [5.41, 5.74) is 2.99. The smallest absolute Gasteiger partial charge is 0.235 e. The van der Waals surface area contributed by atoms with Gasteiger partial charge in [0, 0.05) is 19.3 Å². The van der Waals surface area contributed by atoms with E-state index >= 15 is 0 Å². The van der Waals surface area contributed by atoms with E-state index in [0.29, 0.717) is 6.54 Å². The van der Waals surface area contributed by atoms with Gasteiger partial charge in [0.05, 0.1) is 10.9 Å². The van der Waals surface area contributed by atoms with E-state index in [4.69, 9.17) is 0 Å². The van der Waals surface area contributed by atoms with Crippen LogP contribution in [0.4, 0.5) is 10.1 Å². The molecule has 2 aromatic carbocycles. The summed E-state index contributed by atoms with van der Waals surface area (Å²) in [5, 5.41) is -0.241. The molecule has 3 rings (SSSR count). The third-order valence-electron chi connectivity index (χ3n) is 3.86. The lowest BCUT2D eigenvalue weighted by Crippen LogP contribution is -2.33. The number of carbonyl (C=O) groups is 1. The van der Waals surface area contributed by atoms with E-state index in [1.807, 2.05) is 31.2 Å². The highest BCUT2D eigenvalue weighted by molar-refractivity contribution is 8.39. The second-order valence-electron chi connectivity index (χ2n) is 5.88. The van der Waals surface area contributed by atoms with Crippen molar-refractivity contribution in [2.75, 3.05) is 7.05 Å². The molecule has 0 saturated heterocycles. The molecular formula is C19H19FN2OS2. The first kappa shape index (κ1) is 18.0. The molecule has 1 unspecified atom stereocenters. The number of nitrogens with zero attached hydrogens (tertiary/aromatic N) is 2. The molecule has 1 aliphatic heterocycles. The van der Waals surface area contributed by atoms with Crippen LogP contribution in [0.15, 0.2) is 53.5 Å². The monoisotopic (exact) mass is 374 g/mol. The molecule has 6 heteroatoms. The number of para-hydroxylation sites is 1. The number of fused-ring (bicyclic) bond motifs is 1. The molecule has 0 radical (unpaired) electrons. The lowest BCUT2D eigenvalue weighted by Gasteiger charge is -2.22. The third-order valence-corrected chi connectivity index (χ3v) is 6.15. The summed E-state index contributed by atoms with van der Waals surface area (Å²) in [6.07, 6.45) is 0. The fourth-order valence-electron chi connectivity index (χ4n) is 2.57. The summed E-state index contributed by atoms with van der Waals surface area (Å²) < 4.78 is 14.2. The van der Waals surface area contributed by atoms with Gasteiger partial charge in [0.25, 0.3) is 0 Å². The first-order valence-electron chi connectivity index (χ1n) is 7.98. The van der Waals surface area contributed by atoms with Crippen molar-refractivity contribution in [2.45, 2.75) is 24.5 Å². The average molecular weight is 375 g/mol. The molecule has 130 valence electrons. The maximum Gasteiger partial charge on any atom is 0.235 e. The van der Waals surface area contributed by atoms with Crippen LogP contribution in [0.3, 0.4) is 0 Å². The Bertz CT molecular complexity index is 810. The van der Waals surface area contributed by atoms with Crippen LogP contribution in [0.5, 0.6) is 0 Å². The van der Waals surface area contributed by atoms with Gasteiger partial charge in [-0.25, -0.2) is 9.38 Å². The number of hydrogen-bond donors (Lipinski definition) is 0. The van der Waals surface area contributed by atoms with Crippen LogP contribution in [-0.4, -0.2) is 27.5 Å². The number of hydrogen-bond acceptors (Lipinski definition) is 4. The Morgan fingerprint density at radius 3 is 2.92 bits per heavy atom. The highest BCUT2D eigenvalue weighted by Gasteiger charge is 2.22. The van der Waals surface area contributed by atoms with E-state index in [9.17, 15) is 9.18 Å². The van der Waals surface area contributed by atoms with Crippen LogP contribution in [0.25, 0.3) is 0 Å². The van der Waals surface area contributed by atoms with Crippen molar-refractivity contribution in [3.05, 3.63) is 65.5 Å². The standard InChI is InChI=1S/C19H19FN2OS2/c1-13(18(23)22(2)11-14-6-5-8-16(20)10-14)25-19-21-17-9-4-3-7-15(17)12-24-19/h3-10,13H,11-12H2,1-2H3. The topological polar surface area (TPSA) is 32.7 Å². The number of aliphatic imine (C=N–C) groups is 1. The molecule has 0 N–H and O–H groups in total. The summed E-state index contributed by atoms with van der Waals surface area (Å²) in [6.45, 7) is 2.28. The number of thioether (sulfide) groups is 2. The van der Waals surface area contributed by atoms with Crippen LogP contribution in [0, 0.1) is 5.82 Å². The van der Waals surface area contributed by atoms with Gasteiger partial charge in [-0.1, -0.05) is 53.9 Å². The maximum absolute atomic E-state index is 13.3. The third kappa shape index (κ3) is 4.64. The molecule has 0 aliphatic carbocycles. The largest absolute Gasteiger partial charge is 0.340 e. The maximum atomic E-state index is 13.3. The van der Waals surface area contributed by atoms with Gasteiger partial charge in [0.2, 0.25) is 5.91 Å². The van der Waals surface area contributed by atoms with E-state index in [-0.39, 0.29) is 17.0 Å². The van der Waals surface area contributed by atoms with Gasteiger partial charge in [-0.2, -0.15) is 0 Å². The second-order valence-corrected chi connectivity index (χ2v) is 8.43. The summed E-state index contributed by atoms with van der Waals surface area (Å²) in [6, 6.07) is 14.4. The minimum Gasteiger partial charge on any atom is -0.340 e. The Hall–Kier alpha value is -1.79. The van der Waals surface area contributed by atoms with Crippen LogP contribution >= 0.6 is 23.5 Å². The molecule has 3 nitrogen and oxygen atoms in total. The molecule has 25 heavy (non-hydrogen) atoms. The SMILES string of the molecule is CC(SC1=Nc2ccccc2CS1)C(=O)N(C)Cc1cccc(F)c1. The number of amides is 1. The fraction of sp³-hybridized carbons (Fsp3) is 0.263. The van der Waals surface area contributed by atoms with E-state index in [2.05, 4.69) is 11.1 Å². The van der Waals surface area contributed by atoms with Crippen molar-refractivity contribution in [2.24, 2.45) is 4.99 Å². The van der Waals surface area contributed by atoms with Gasteiger partial charge in [0.15, 0.2) is 0 Å². The van der Waals surface area contributed by atoms with Gasteiger partial charge < -0.3 is 4.90 Å². The highest BCUT2D eigenvalue weighted by atomic mass is 32.2. The Labute approximate surface area is 155 Å². The molecule has 0 saturated carbocycles. The Balaban J connectivity index is 1.62. The first-order chi connectivity index (χ1) is 12.0. The number of carbonyl (C=O) groups excluding carboxylic acids is 1. The van der Waals surface area contributed by atoms with E-state index in [0.717, 1.165) is 21.4 Å². The van der Waals surface area contributed by atoms with Crippen molar-refractivity contribution in [1.29, 1.82) is 0 Å². The predicted molar refractivity (Wildman–Crippen MR) is 105 cm³/mol. The lowest BCUT2D eigenvalue weighted by molar-refractivity contribution is -0.129. The summed E-state index contributed by atoms with van der Waals surface area (Å²) in [5.74, 6) is 0.603. The van der Waals surface area contributed by atoms with E-state index in [1.54, 1.807) is 29.8 Å². The molecule has 1 atom stereocenters. The highest BCUT2D eigenvalue weighted by Crippen LogP contribution is 2.36. The fourth-order valence-corrected chi connectivity index (χ4v) is 4.87. The van der Waals surface area contributed by atoms with Gasteiger partial charge in [0.1, 0.15) is 10.2 Å². The molecule has 1 heterocycles. The summed E-state index contributed by atoms with van der Waals surface area (Å²) in [4.78, 5) is 18.9. The first-order valence-corrected chi connectivity index (χ1v) is 9.85. The minimum absolute atomic E-state index is 0.0106. The molecule has 0 fully saturated rings. The zero-order chi connectivity index (χ0) is 17.8. The predicted octanol–water partition coefficient (Wildman–Crippen LogP) is 4.84. The van der Waals surface area contributed by atoms with Gasteiger partial charge in [-0.05, 0) is 36.2 Å². The van der Waals surface area contributed by atoms with Crippen LogP contribution in [0.1, 0.15) is 18.1 Å². The van der Waals surface area contributed by atoms with Gasteiger partial charge in [-0.15, -0.1) is 0 Å². The molecule has 0 aromatic heterocycles. The normalized spacial score (nSPS) is 14.4. The Morgan fingerprint density at radius 1 is 1.32 bits per heavy atom.